The summed E-state index contributed by atoms with van der Waals surface area (Å²) in [6, 6.07) is 10.5. The molecule has 0 bridgehead atoms. The second-order valence-corrected chi connectivity index (χ2v) is 7.52. The molecule has 3 aromatic rings. The van der Waals surface area contributed by atoms with Crippen LogP contribution in [-0.4, -0.2) is 34.4 Å². The molecular weight excluding hydrogens is 476 g/mol. The Morgan fingerprint density at radius 3 is 2.48 bits per heavy atom. The number of carbonyl (C=O) groups excluding carboxylic acids is 2. The first-order valence-corrected chi connectivity index (χ1v) is 10.4. The van der Waals surface area contributed by atoms with E-state index in [0.29, 0.717) is 5.02 Å². The van der Waals surface area contributed by atoms with Gasteiger partial charge in [0.25, 0.3) is 11.5 Å². The highest BCUT2D eigenvalue weighted by molar-refractivity contribution is 6.35. The molecule has 0 saturated carbocycles. The normalized spacial score (nSPS) is 11.5. The summed E-state index contributed by atoms with van der Waals surface area (Å²) in [5.74, 6) is -1.82. The summed E-state index contributed by atoms with van der Waals surface area (Å²) in [4.78, 5) is 37.8. The van der Waals surface area contributed by atoms with E-state index in [9.17, 15) is 18.8 Å². The van der Waals surface area contributed by atoms with Crippen molar-refractivity contribution in [1.29, 1.82) is 0 Å². The number of esters is 1. The number of nitrogens with one attached hydrogen (secondary N) is 1. The fourth-order valence-corrected chi connectivity index (χ4v) is 3.17. The third-order valence-corrected chi connectivity index (χ3v) is 4.83. The number of benzene rings is 2. The van der Waals surface area contributed by atoms with Crippen LogP contribution < -0.4 is 15.6 Å². The van der Waals surface area contributed by atoms with E-state index in [1.807, 2.05) is 0 Å². The number of hydrogen-bond acceptors (Lipinski definition) is 6. The van der Waals surface area contributed by atoms with Crippen LogP contribution in [-0.2, 0) is 9.53 Å². The van der Waals surface area contributed by atoms with Crippen LogP contribution in [0, 0.1) is 5.82 Å². The van der Waals surface area contributed by atoms with E-state index >= 15 is 0 Å². The van der Waals surface area contributed by atoms with E-state index in [1.54, 1.807) is 13.0 Å². The van der Waals surface area contributed by atoms with E-state index in [4.69, 9.17) is 32.7 Å². The number of carbonyl (C=O) groups is 2. The smallest absolute Gasteiger partial charge is 0.360 e. The van der Waals surface area contributed by atoms with Gasteiger partial charge >= 0.3 is 5.97 Å². The van der Waals surface area contributed by atoms with E-state index < -0.39 is 29.4 Å². The summed E-state index contributed by atoms with van der Waals surface area (Å²) < 4.78 is 24.7. The second kappa shape index (κ2) is 10.5. The molecule has 33 heavy (non-hydrogen) atoms. The molecule has 0 aliphatic carbocycles. The molecule has 172 valence electrons. The lowest BCUT2D eigenvalue weighted by Gasteiger charge is -2.17. The largest absolute Gasteiger partial charge is 0.479 e. The molecule has 1 N–H and O–H groups in total. The molecule has 0 aliphatic rings. The van der Waals surface area contributed by atoms with Crippen molar-refractivity contribution in [2.45, 2.75) is 20.0 Å². The highest BCUT2D eigenvalue weighted by Crippen LogP contribution is 2.28. The summed E-state index contributed by atoms with van der Waals surface area (Å²) in [7, 11) is 0. The zero-order valence-electron chi connectivity index (χ0n) is 17.5. The molecule has 1 atom stereocenters. The molecule has 0 aliphatic heterocycles. The van der Waals surface area contributed by atoms with E-state index in [1.165, 1.54) is 31.2 Å². The van der Waals surface area contributed by atoms with Gasteiger partial charge in [-0.15, -0.1) is 0 Å². The maximum Gasteiger partial charge on any atom is 0.360 e. The Hall–Kier alpha value is -3.43. The predicted molar refractivity (Wildman–Crippen MR) is 121 cm³/mol. The van der Waals surface area contributed by atoms with Gasteiger partial charge in [-0.2, -0.15) is 9.78 Å². The lowest BCUT2D eigenvalue weighted by atomic mass is 10.2. The van der Waals surface area contributed by atoms with Crippen LogP contribution in [0.5, 0.6) is 5.75 Å². The van der Waals surface area contributed by atoms with Gasteiger partial charge in [0, 0.05) is 11.1 Å². The van der Waals surface area contributed by atoms with Gasteiger partial charge in [0.2, 0.25) is 0 Å². The van der Waals surface area contributed by atoms with Gasteiger partial charge in [0.05, 0.1) is 23.0 Å². The van der Waals surface area contributed by atoms with E-state index in [-0.39, 0.29) is 34.4 Å². The number of ether oxygens (including phenoxy) is 2. The van der Waals surface area contributed by atoms with Crippen molar-refractivity contribution in [2.24, 2.45) is 0 Å². The quantitative estimate of drug-likeness (QED) is 0.493. The zero-order valence-corrected chi connectivity index (χ0v) is 19.0. The maximum atomic E-state index is 13.2. The monoisotopic (exact) mass is 493 g/mol. The molecule has 3 rings (SSSR count). The number of rotatable bonds is 7. The fraction of sp³-hybridized carbons (Fsp3) is 0.182. The van der Waals surface area contributed by atoms with Gasteiger partial charge in [-0.3, -0.25) is 9.59 Å². The highest BCUT2D eigenvalue weighted by Gasteiger charge is 2.23. The number of halogens is 3. The number of anilines is 1. The Bertz CT molecular complexity index is 1250. The van der Waals surface area contributed by atoms with Gasteiger partial charge in [0.15, 0.2) is 11.8 Å². The van der Waals surface area contributed by atoms with Gasteiger partial charge in [0.1, 0.15) is 11.6 Å². The van der Waals surface area contributed by atoms with Crippen LogP contribution in [0.15, 0.2) is 53.3 Å². The number of aromatic nitrogens is 2. The SMILES string of the molecule is CCOC(=O)c1nn(-c2ccc(F)cc2)c(=O)cc1NC(=O)C(C)Oc1ccc(Cl)cc1Cl. The topological polar surface area (TPSA) is 99.5 Å². The lowest BCUT2D eigenvalue weighted by Crippen LogP contribution is -2.33. The summed E-state index contributed by atoms with van der Waals surface area (Å²) in [5, 5.41) is 7.09. The minimum Gasteiger partial charge on any atom is -0.479 e. The van der Waals surface area contributed by atoms with Gasteiger partial charge in [-0.1, -0.05) is 23.2 Å². The van der Waals surface area contributed by atoms with Gasteiger partial charge in [-0.05, 0) is 56.3 Å². The number of amides is 1. The summed E-state index contributed by atoms with van der Waals surface area (Å²) in [6.45, 7) is 3.09. The molecule has 0 fully saturated rings. The minimum atomic E-state index is -1.06. The van der Waals surface area contributed by atoms with Crippen LogP contribution in [0.4, 0.5) is 10.1 Å². The van der Waals surface area contributed by atoms with Crippen molar-refractivity contribution in [3.05, 3.63) is 80.4 Å². The van der Waals surface area contributed by atoms with Crippen LogP contribution in [0.2, 0.25) is 10.0 Å². The molecule has 8 nitrogen and oxygen atoms in total. The molecule has 1 heterocycles. The van der Waals surface area contributed by atoms with Gasteiger partial charge in [-0.25, -0.2) is 9.18 Å². The first-order valence-electron chi connectivity index (χ1n) is 9.69. The van der Waals surface area contributed by atoms with Gasteiger partial charge < -0.3 is 14.8 Å². The van der Waals surface area contributed by atoms with Crippen molar-refractivity contribution in [2.75, 3.05) is 11.9 Å². The molecule has 0 radical (unpaired) electrons. The van der Waals surface area contributed by atoms with E-state index in [0.717, 1.165) is 22.9 Å². The highest BCUT2D eigenvalue weighted by atomic mass is 35.5. The van der Waals surface area contributed by atoms with Crippen LogP contribution in [0.1, 0.15) is 24.3 Å². The minimum absolute atomic E-state index is 0.0398. The first-order chi connectivity index (χ1) is 15.7. The van der Waals surface area contributed by atoms with Crippen LogP contribution in [0.25, 0.3) is 5.69 Å². The zero-order chi connectivity index (χ0) is 24.1. The Morgan fingerprint density at radius 1 is 1.15 bits per heavy atom. The molecule has 2 aromatic carbocycles. The molecule has 0 saturated heterocycles. The summed E-state index contributed by atoms with van der Waals surface area (Å²) >= 11 is 11.9. The average molecular weight is 494 g/mol. The summed E-state index contributed by atoms with van der Waals surface area (Å²) in [6.07, 6.45) is -1.06. The van der Waals surface area contributed by atoms with Crippen LogP contribution in [0.3, 0.4) is 0 Å². The third-order valence-electron chi connectivity index (χ3n) is 4.30. The average Bonchev–Trinajstić information content (AvgIpc) is 2.76. The molecule has 1 amide bonds. The first kappa shape index (κ1) is 24.2. The van der Waals surface area contributed by atoms with Crippen molar-refractivity contribution >= 4 is 40.8 Å². The van der Waals surface area contributed by atoms with Crippen molar-refractivity contribution in [1.82, 2.24) is 9.78 Å². The van der Waals surface area contributed by atoms with Crippen molar-refractivity contribution < 1.29 is 23.5 Å². The maximum absolute atomic E-state index is 13.2. The van der Waals surface area contributed by atoms with Crippen molar-refractivity contribution in [3.63, 3.8) is 0 Å². The number of nitrogens with zero attached hydrogens (tertiary/aromatic N) is 2. The molecular formula is C22H18Cl2FN3O5. The third kappa shape index (κ3) is 5.88. The predicted octanol–water partition coefficient (Wildman–Crippen LogP) is 4.26. The second-order valence-electron chi connectivity index (χ2n) is 6.68. The molecule has 1 unspecified atom stereocenters. The Morgan fingerprint density at radius 2 is 1.85 bits per heavy atom. The lowest BCUT2D eigenvalue weighted by molar-refractivity contribution is -0.122. The van der Waals surface area contributed by atoms with E-state index in [2.05, 4.69) is 10.4 Å². The summed E-state index contributed by atoms with van der Waals surface area (Å²) in [5.41, 5.74) is -0.927. The van der Waals surface area contributed by atoms with Crippen molar-refractivity contribution in [3.8, 4) is 11.4 Å². The Balaban J connectivity index is 1.91. The number of hydrogen-bond donors (Lipinski definition) is 1. The molecule has 0 spiro atoms. The Labute approximate surface area is 197 Å². The fourth-order valence-electron chi connectivity index (χ4n) is 2.72. The molecule has 11 heteroatoms. The Kier molecular flexibility index (Phi) is 7.67. The van der Waals surface area contributed by atoms with Crippen LogP contribution >= 0.6 is 23.2 Å². The molecule has 1 aromatic heterocycles. The standard InChI is InChI=1S/C22H18Cl2FN3O5/c1-3-32-22(31)20-17(11-19(29)28(27-20)15-7-5-14(25)6-8-15)26-21(30)12(2)33-18-9-4-13(23)10-16(18)24/h4-12H,3H2,1-2H3,(H,26,30).